The van der Waals surface area contributed by atoms with Gasteiger partial charge in [0.05, 0.1) is 12.6 Å². The second-order valence-corrected chi connectivity index (χ2v) is 5.63. The SMILES string of the molecule is CCNC(=NCc1ccccc1F)NCC(O)c1ccc(OC(F)F)cc1.I. The maximum atomic E-state index is 13.7. The van der Waals surface area contributed by atoms with Crippen molar-refractivity contribution in [2.75, 3.05) is 13.1 Å². The summed E-state index contributed by atoms with van der Waals surface area (Å²) in [6.07, 6.45) is -0.886. The molecule has 0 aromatic heterocycles. The molecule has 9 heteroatoms. The maximum Gasteiger partial charge on any atom is 0.387 e. The van der Waals surface area contributed by atoms with E-state index in [0.717, 1.165) is 0 Å². The fourth-order valence-corrected chi connectivity index (χ4v) is 2.32. The summed E-state index contributed by atoms with van der Waals surface area (Å²) in [7, 11) is 0. The molecule has 1 atom stereocenters. The van der Waals surface area contributed by atoms with E-state index < -0.39 is 12.7 Å². The largest absolute Gasteiger partial charge is 0.435 e. The van der Waals surface area contributed by atoms with Gasteiger partial charge in [0.1, 0.15) is 11.6 Å². The first-order valence-electron chi connectivity index (χ1n) is 8.48. The average molecular weight is 509 g/mol. The molecule has 0 fully saturated rings. The second kappa shape index (κ2) is 12.4. The quantitative estimate of drug-likeness (QED) is 0.288. The van der Waals surface area contributed by atoms with E-state index >= 15 is 0 Å². The summed E-state index contributed by atoms with van der Waals surface area (Å²) in [5, 5.41) is 16.2. The molecule has 0 aliphatic carbocycles. The van der Waals surface area contributed by atoms with E-state index in [1.165, 1.54) is 30.3 Å². The topological polar surface area (TPSA) is 65.9 Å². The van der Waals surface area contributed by atoms with E-state index in [1.54, 1.807) is 18.2 Å². The van der Waals surface area contributed by atoms with E-state index in [0.29, 0.717) is 23.6 Å². The summed E-state index contributed by atoms with van der Waals surface area (Å²) in [5.41, 5.74) is 0.999. The minimum Gasteiger partial charge on any atom is -0.435 e. The molecular weight excluding hydrogens is 486 g/mol. The lowest BCUT2D eigenvalue weighted by Crippen LogP contribution is -2.39. The Bertz CT molecular complexity index is 745. The van der Waals surface area contributed by atoms with Gasteiger partial charge in [-0.3, -0.25) is 0 Å². The highest BCUT2D eigenvalue weighted by Crippen LogP contribution is 2.19. The summed E-state index contributed by atoms with van der Waals surface area (Å²) in [6.45, 7) is -0.122. The third-order valence-corrected chi connectivity index (χ3v) is 3.66. The van der Waals surface area contributed by atoms with Crippen molar-refractivity contribution in [3.63, 3.8) is 0 Å². The van der Waals surface area contributed by atoms with Gasteiger partial charge >= 0.3 is 6.61 Å². The van der Waals surface area contributed by atoms with E-state index in [1.807, 2.05) is 6.92 Å². The van der Waals surface area contributed by atoms with Gasteiger partial charge in [-0.2, -0.15) is 8.78 Å². The lowest BCUT2D eigenvalue weighted by Gasteiger charge is -2.16. The number of hydrogen-bond acceptors (Lipinski definition) is 3. The Morgan fingerprint density at radius 1 is 1.11 bits per heavy atom. The normalized spacial score (nSPS) is 12.3. The molecular formula is C19H23F3IN3O2. The van der Waals surface area contributed by atoms with Crippen LogP contribution in [0.1, 0.15) is 24.2 Å². The Kier molecular flexibility index (Phi) is 10.7. The minimum absolute atomic E-state index is 0. The van der Waals surface area contributed by atoms with Crippen LogP contribution in [0.5, 0.6) is 5.75 Å². The van der Waals surface area contributed by atoms with Gasteiger partial charge in [-0.05, 0) is 30.7 Å². The third kappa shape index (κ3) is 7.93. The van der Waals surface area contributed by atoms with Gasteiger partial charge in [0.15, 0.2) is 5.96 Å². The lowest BCUT2D eigenvalue weighted by molar-refractivity contribution is -0.0498. The summed E-state index contributed by atoms with van der Waals surface area (Å²) in [4.78, 5) is 4.30. The number of rotatable bonds is 8. The summed E-state index contributed by atoms with van der Waals surface area (Å²) in [6, 6.07) is 12.1. The molecule has 0 radical (unpaired) electrons. The van der Waals surface area contributed by atoms with Crippen LogP contribution < -0.4 is 15.4 Å². The molecule has 2 rings (SSSR count). The molecule has 0 aliphatic heterocycles. The summed E-state index contributed by atoms with van der Waals surface area (Å²) in [5.74, 6) is 0.120. The van der Waals surface area contributed by atoms with Crippen LogP contribution in [0.15, 0.2) is 53.5 Å². The van der Waals surface area contributed by atoms with Gasteiger partial charge in [-0.25, -0.2) is 9.38 Å². The molecule has 3 N–H and O–H groups in total. The molecule has 0 spiro atoms. The first kappa shape index (κ1) is 24.0. The van der Waals surface area contributed by atoms with Crippen molar-refractivity contribution >= 4 is 29.9 Å². The van der Waals surface area contributed by atoms with E-state index in [4.69, 9.17) is 0 Å². The third-order valence-electron chi connectivity index (χ3n) is 3.66. The number of nitrogens with one attached hydrogen (secondary N) is 2. The summed E-state index contributed by atoms with van der Waals surface area (Å²) < 4.78 is 42.3. The number of aliphatic hydroxyl groups is 1. The maximum absolute atomic E-state index is 13.7. The number of aliphatic hydroxyl groups excluding tert-OH is 1. The molecule has 0 saturated heterocycles. The van der Waals surface area contributed by atoms with Crippen LogP contribution in [-0.2, 0) is 6.54 Å². The van der Waals surface area contributed by atoms with Crippen molar-refractivity contribution in [3.05, 3.63) is 65.5 Å². The lowest BCUT2D eigenvalue weighted by atomic mass is 10.1. The Morgan fingerprint density at radius 2 is 1.79 bits per heavy atom. The fourth-order valence-electron chi connectivity index (χ4n) is 2.32. The van der Waals surface area contributed by atoms with Gasteiger partial charge in [-0.1, -0.05) is 30.3 Å². The number of benzene rings is 2. The number of aliphatic imine (C=N–C) groups is 1. The zero-order valence-electron chi connectivity index (χ0n) is 15.2. The Balaban J connectivity index is 0.00000392. The average Bonchev–Trinajstić information content (AvgIpc) is 2.65. The highest BCUT2D eigenvalue weighted by molar-refractivity contribution is 14.0. The predicted octanol–water partition coefficient (Wildman–Crippen LogP) is 3.83. The van der Waals surface area contributed by atoms with Crippen molar-refractivity contribution < 1.29 is 23.0 Å². The minimum atomic E-state index is -2.89. The number of nitrogens with zero attached hydrogens (tertiary/aromatic N) is 1. The second-order valence-electron chi connectivity index (χ2n) is 5.63. The molecule has 0 amide bonds. The zero-order valence-corrected chi connectivity index (χ0v) is 17.6. The Morgan fingerprint density at radius 3 is 2.39 bits per heavy atom. The molecule has 154 valence electrons. The fraction of sp³-hybridized carbons (Fsp3) is 0.316. The Labute approximate surface area is 179 Å². The molecule has 2 aromatic rings. The van der Waals surface area contributed by atoms with Crippen molar-refractivity contribution in [2.24, 2.45) is 4.99 Å². The van der Waals surface area contributed by atoms with Gasteiger partial charge in [0.2, 0.25) is 0 Å². The highest BCUT2D eigenvalue weighted by atomic mass is 127. The number of alkyl halides is 2. The molecule has 28 heavy (non-hydrogen) atoms. The van der Waals surface area contributed by atoms with Crippen LogP contribution in [0, 0.1) is 5.82 Å². The van der Waals surface area contributed by atoms with Gasteiger partial charge in [-0.15, -0.1) is 24.0 Å². The van der Waals surface area contributed by atoms with Crippen LogP contribution >= 0.6 is 24.0 Å². The van der Waals surface area contributed by atoms with Crippen LogP contribution in [0.3, 0.4) is 0 Å². The molecule has 0 aliphatic rings. The standard InChI is InChI=1S/C19H22F3N3O2.HI/c1-2-23-19(24-11-14-5-3-4-6-16(14)20)25-12-17(26)13-7-9-15(10-8-13)27-18(21)22;/h3-10,17-18,26H,2,11-12H2,1H3,(H2,23,24,25);1H. The van der Waals surface area contributed by atoms with E-state index in [-0.39, 0.29) is 48.6 Å². The number of hydrogen-bond donors (Lipinski definition) is 3. The van der Waals surface area contributed by atoms with Gasteiger partial charge < -0.3 is 20.5 Å². The molecule has 0 saturated carbocycles. The molecule has 2 aromatic carbocycles. The predicted molar refractivity (Wildman–Crippen MR) is 113 cm³/mol. The van der Waals surface area contributed by atoms with Crippen molar-refractivity contribution in [3.8, 4) is 5.75 Å². The van der Waals surface area contributed by atoms with Crippen molar-refractivity contribution in [2.45, 2.75) is 26.2 Å². The number of ether oxygens (including phenoxy) is 1. The highest BCUT2D eigenvalue weighted by Gasteiger charge is 2.10. The van der Waals surface area contributed by atoms with Gasteiger partial charge in [0.25, 0.3) is 0 Å². The Hall–Kier alpha value is -2.01. The van der Waals surface area contributed by atoms with Crippen LogP contribution in [0.2, 0.25) is 0 Å². The smallest absolute Gasteiger partial charge is 0.387 e. The molecule has 0 heterocycles. The van der Waals surface area contributed by atoms with Crippen molar-refractivity contribution in [1.82, 2.24) is 10.6 Å². The first-order chi connectivity index (χ1) is 13.0. The first-order valence-corrected chi connectivity index (χ1v) is 8.48. The van der Waals surface area contributed by atoms with Gasteiger partial charge in [0, 0.05) is 18.7 Å². The van der Waals surface area contributed by atoms with Crippen LogP contribution in [0.4, 0.5) is 13.2 Å². The van der Waals surface area contributed by atoms with E-state index in [9.17, 15) is 18.3 Å². The zero-order chi connectivity index (χ0) is 19.6. The number of guanidine groups is 1. The monoisotopic (exact) mass is 509 g/mol. The molecule has 1 unspecified atom stereocenters. The van der Waals surface area contributed by atoms with Crippen molar-refractivity contribution in [1.29, 1.82) is 0 Å². The van der Waals surface area contributed by atoms with Crippen LogP contribution in [0.25, 0.3) is 0 Å². The molecule has 5 nitrogen and oxygen atoms in total. The number of halogens is 4. The molecule has 0 bridgehead atoms. The van der Waals surface area contributed by atoms with E-state index in [2.05, 4.69) is 20.4 Å². The summed E-state index contributed by atoms with van der Waals surface area (Å²) >= 11 is 0. The van der Waals surface area contributed by atoms with Crippen LogP contribution in [-0.4, -0.2) is 30.8 Å².